The Labute approximate surface area is 220 Å². The third-order valence-corrected chi connectivity index (χ3v) is 8.96. The molecule has 0 saturated heterocycles. The summed E-state index contributed by atoms with van der Waals surface area (Å²) in [6.07, 6.45) is 0.924. The van der Waals surface area contributed by atoms with Gasteiger partial charge in [0.1, 0.15) is 6.10 Å². The van der Waals surface area contributed by atoms with Gasteiger partial charge in [0.05, 0.1) is 11.5 Å². The van der Waals surface area contributed by atoms with Crippen LogP contribution in [0.2, 0.25) is 0 Å². The van der Waals surface area contributed by atoms with Gasteiger partial charge in [-0.15, -0.1) is 0 Å². The number of alkyl halides is 1. The van der Waals surface area contributed by atoms with Crippen molar-refractivity contribution in [3.8, 4) is 0 Å². The summed E-state index contributed by atoms with van der Waals surface area (Å²) in [6.45, 7) is 7.74. The van der Waals surface area contributed by atoms with E-state index in [4.69, 9.17) is 14.2 Å². The molecule has 0 radical (unpaired) electrons. The van der Waals surface area contributed by atoms with Crippen LogP contribution in [0.15, 0.2) is 34.9 Å². The lowest BCUT2D eigenvalue weighted by Gasteiger charge is -2.58. The molecule has 0 unspecified atom stereocenters. The smallest absolute Gasteiger partial charge is 0.303 e. The molecule has 0 heterocycles. The van der Waals surface area contributed by atoms with Gasteiger partial charge >= 0.3 is 17.9 Å². The molecule has 1 N–H and O–H groups in total. The second-order valence-electron chi connectivity index (χ2n) is 11.2. The number of carbonyl (C=O) groups excluding carboxylic acids is 5. The Morgan fingerprint density at radius 2 is 1.71 bits per heavy atom. The lowest BCUT2D eigenvalue weighted by atomic mass is 9.49. The zero-order valence-electron chi connectivity index (χ0n) is 22.4. The van der Waals surface area contributed by atoms with Crippen molar-refractivity contribution in [2.75, 3.05) is 6.61 Å². The van der Waals surface area contributed by atoms with Crippen LogP contribution in [0.3, 0.4) is 0 Å². The molecule has 2 saturated carbocycles. The number of Topliss-reactive ketones (excluding diaryl/α,β-unsaturated/α-hetero) is 1. The van der Waals surface area contributed by atoms with Crippen molar-refractivity contribution in [1.82, 2.24) is 0 Å². The van der Waals surface area contributed by atoms with Crippen LogP contribution in [0.5, 0.6) is 0 Å². The molecule has 4 aliphatic carbocycles. The molecule has 0 aromatic heterocycles. The van der Waals surface area contributed by atoms with Gasteiger partial charge in [0.25, 0.3) is 0 Å². The van der Waals surface area contributed by atoms with Crippen LogP contribution < -0.4 is 0 Å². The van der Waals surface area contributed by atoms with E-state index in [0.29, 0.717) is 5.57 Å². The average molecular weight is 533 g/mol. The lowest BCUT2D eigenvalue weighted by molar-refractivity contribution is -0.191. The number of halogens is 1. The van der Waals surface area contributed by atoms with E-state index in [9.17, 15) is 29.1 Å². The summed E-state index contributed by atoms with van der Waals surface area (Å²) in [5, 5.41) is 11.6. The Morgan fingerprint density at radius 1 is 1.05 bits per heavy atom. The molecule has 0 aliphatic heterocycles. The minimum Gasteiger partial charge on any atom is -0.458 e. The third kappa shape index (κ3) is 3.63. The fourth-order valence-electron chi connectivity index (χ4n) is 7.46. The topological polar surface area (TPSA) is 133 Å². The van der Waals surface area contributed by atoms with Gasteiger partial charge in [-0.25, -0.2) is 4.39 Å². The lowest BCUT2D eigenvalue weighted by Crippen LogP contribution is -2.66. The molecule has 0 aromatic rings. The Bertz CT molecular complexity index is 1230. The summed E-state index contributed by atoms with van der Waals surface area (Å²) in [5.74, 6) is -3.78. The van der Waals surface area contributed by atoms with Gasteiger partial charge in [-0.3, -0.25) is 24.0 Å². The summed E-state index contributed by atoms with van der Waals surface area (Å²) in [6, 6.07) is 0. The molecular weight excluding hydrogens is 499 g/mol. The number of ether oxygens (including phenoxy) is 3. The molecule has 0 bridgehead atoms. The number of aliphatic hydroxyl groups is 1. The van der Waals surface area contributed by atoms with Crippen molar-refractivity contribution in [3.05, 3.63) is 34.9 Å². The highest BCUT2D eigenvalue weighted by Gasteiger charge is 2.74. The molecule has 2 fully saturated rings. The van der Waals surface area contributed by atoms with Crippen LogP contribution >= 0.6 is 0 Å². The number of fused-ring (bicyclic) bond motifs is 4. The fourth-order valence-corrected chi connectivity index (χ4v) is 7.46. The Balaban J connectivity index is 1.97. The van der Waals surface area contributed by atoms with Crippen molar-refractivity contribution in [3.63, 3.8) is 0 Å². The van der Waals surface area contributed by atoms with Gasteiger partial charge in [0.15, 0.2) is 23.7 Å². The van der Waals surface area contributed by atoms with Crippen molar-refractivity contribution in [1.29, 1.82) is 0 Å². The summed E-state index contributed by atoms with van der Waals surface area (Å²) < 4.78 is 33.9. The number of ketones is 2. The van der Waals surface area contributed by atoms with Gasteiger partial charge in [0, 0.05) is 38.5 Å². The van der Waals surface area contributed by atoms with E-state index >= 15 is 4.39 Å². The molecule has 206 valence electrons. The van der Waals surface area contributed by atoms with Crippen LogP contribution in [-0.4, -0.2) is 64.7 Å². The predicted molar refractivity (Wildman–Crippen MR) is 130 cm³/mol. The predicted octanol–water partition coefficient (Wildman–Crippen LogP) is 2.64. The van der Waals surface area contributed by atoms with Crippen molar-refractivity contribution < 1.29 is 47.7 Å². The molecule has 9 nitrogen and oxygen atoms in total. The first kappa shape index (κ1) is 27.9. The van der Waals surface area contributed by atoms with E-state index < -0.39 is 70.5 Å². The summed E-state index contributed by atoms with van der Waals surface area (Å²) in [5.41, 5.74) is -6.23. The SMILES string of the molecule is CC(=O)OCC(=O)[C@@]1(OC(C)=O)[C@@H](C)CC2=C3C[C@H](OC(C)=O)C4=CC(=O)C=C[C@]4(C)[C@@]3(F)[C@@H](O)C[C@@]21C. The Morgan fingerprint density at radius 3 is 2.29 bits per heavy atom. The molecule has 0 spiro atoms. The zero-order chi connectivity index (χ0) is 28.4. The van der Waals surface area contributed by atoms with Gasteiger partial charge in [0.2, 0.25) is 5.78 Å². The number of hydrogen-bond donors (Lipinski definition) is 1. The number of hydrogen-bond acceptors (Lipinski definition) is 9. The average Bonchev–Trinajstić information content (AvgIpc) is 3.01. The molecule has 7 atom stereocenters. The number of esters is 3. The van der Waals surface area contributed by atoms with Crippen LogP contribution in [0.25, 0.3) is 0 Å². The minimum absolute atomic E-state index is 0.147. The monoisotopic (exact) mass is 532 g/mol. The van der Waals surface area contributed by atoms with Gasteiger partial charge in [-0.1, -0.05) is 25.5 Å². The van der Waals surface area contributed by atoms with E-state index in [1.807, 2.05) is 0 Å². The Kier molecular flexibility index (Phi) is 6.58. The maximum Gasteiger partial charge on any atom is 0.303 e. The van der Waals surface area contributed by atoms with E-state index in [2.05, 4.69) is 0 Å². The third-order valence-electron chi connectivity index (χ3n) is 8.96. The quantitative estimate of drug-likeness (QED) is 0.322. The highest BCUT2D eigenvalue weighted by atomic mass is 19.1. The number of rotatable bonds is 5. The Hall–Kier alpha value is -3.14. The highest BCUT2D eigenvalue weighted by Crippen LogP contribution is 2.69. The number of allylic oxidation sites excluding steroid dienone is 3. The van der Waals surface area contributed by atoms with E-state index in [1.165, 1.54) is 25.2 Å². The molecule has 4 rings (SSSR count). The number of aliphatic hydroxyl groups excluding tert-OH is 1. The maximum atomic E-state index is 17.6. The van der Waals surface area contributed by atoms with Crippen LogP contribution in [0.1, 0.15) is 60.8 Å². The van der Waals surface area contributed by atoms with Crippen molar-refractivity contribution >= 4 is 29.5 Å². The van der Waals surface area contributed by atoms with Crippen LogP contribution in [0, 0.1) is 16.7 Å². The van der Waals surface area contributed by atoms with E-state index in [1.54, 1.807) is 20.8 Å². The first-order valence-electron chi connectivity index (χ1n) is 12.6. The highest BCUT2D eigenvalue weighted by molar-refractivity contribution is 6.01. The first-order valence-corrected chi connectivity index (χ1v) is 12.6. The summed E-state index contributed by atoms with van der Waals surface area (Å²) in [7, 11) is 0. The normalized spacial score (nSPS) is 39.4. The molecular formula is C28H33FO9. The number of carbonyl (C=O) groups is 5. The minimum atomic E-state index is -2.40. The summed E-state index contributed by atoms with van der Waals surface area (Å²) >= 11 is 0. The summed E-state index contributed by atoms with van der Waals surface area (Å²) in [4.78, 5) is 61.8. The molecule has 0 aromatic carbocycles. The van der Waals surface area contributed by atoms with E-state index in [-0.39, 0.29) is 36.2 Å². The largest absolute Gasteiger partial charge is 0.458 e. The van der Waals surface area contributed by atoms with Gasteiger partial charge in [-0.05, 0) is 43.1 Å². The molecule has 10 heteroatoms. The first-order chi connectivity index (χ1) is 17.5. The zero-order valence-corrected chi connectivity index (χ0v) is 22.4. The second kappa shape index (κ2) is 8.97. The maximum absolute atomic E-state index is 17.6. The molecule has 4 aliphatic rings. The van der Waals surface area contributed by atoms with Crippen LogP contribution in [0.4, 0.5) is 4.39 Å². The fraction of sp³-hybridized carbons (Fsp3) is 0.607. The molecule has 0 amide bonds. The van der Waals surface area contributed by atoms with Crippen molar-refractivity contribution in [2.45, 2.75) is 84.3 Å². The van der Waals surface area contributed by atoms with Crippen molar-refractivity contribution in [2.24, 2.45) is 16.7 Å². The standard InChI is InChI=1S/C28H33FO9/c1-14-9-19-20-11-22(37-16(3)31)21-10-18(33)7-8-25(21,5)27(20,29)23(34)12-26(19,6)28(14,38-17(4)32)24(35)13-36-15(2)30/h7-8,10,14,22-23,34H,9,11-13H2,1-6H3/t14-,22-,23-,25-,26-,27-,28-/m0/s1. The van der Waals surface area contributed by atoms with Gasteiger partial charge in [-0.2, -0.15) is 0 Å². The van der Waals surface area contributed by atoms with Crippen LogP contribution in [-0.2, 0) is 38.2 Å². The second-order valence-corrected chi connectivity index (χ2v) is 11.2. The van der Waals surface area contributed by atoms with E-state index in [0.717, 1.165) is 13.8 Å². The van der Waals surface area contributed by atoms with Gasteiger partial charge < -0.3 is 19.3 Å². The molecule has 38 heavy (non-hydrogen) atoms.